The first-order chi connectivity index (χ1) is 11.7. The van der Waals surface area contributed by atoms with Crippen LogP contribution in [-0.2, 0) is 16.0 Å². The summed E-state index contributed by atoms with van der Waals surface area (Å²) in [4.78, 5) is 7.69. The minimum atomic E-state index is -4.65. The molecule has 10 heteroatoms. The van der Waals surface area contributed by atoms with Crippen LogP contribution in [0.3, 0.4) is 0 Å². The smallest absolute Gasteiger partial charge is 0.236 e. The molecular formula is C15H17F3N4O2S. The quantitative estimate of drug-likeness (QED) is 0.825. The molecule has 0 aliphatic heterocycles. The average molecular weight is 374 g/mol. The van der Waals surface area contributed by atoms with Gasteiger partial charge in [-0.1, -0.05) is 19.3 Å². The normalized spacial score (nSPS) is 17.0. The van der Waals surface area contributed by atoms with E-state index in [0.29, 0.717) is 0 Å². The Labute approximate surface area is 143 Å². The zero-order valence-electron chi connectivity index (χ0n) is 13.5. The predicted octanol–water partition coefficient (Wildman–Crippen LogP) is 3.13. The highest BCUT2D eigenvalue weighted by Crippen LogP contribution is 2.35. The molecule has 1 fully saturated rings. The SMILES string of the molecule is CS(=O)(=O)c1ccc(-n2nc(C(F)(F)F)nc2C2CCCCC2)nc1. The van der Waals surface area contributed by atoms with Crippen LogP contribution < -0.4 is 0 Å². The molecule has 0 N–H and O–H groups in total. The Morgan fingerprint density at radius 3 is 2.36 bits per heavy atom. The second kappa shape index (κ2) is 6.40. The fourth-order valence-corrected chi connectivity index (χ4v) is 3.51. The average Bonchev–Trinajstić information content (AvgIpc) is 3.00. The molecule has 0 spiro atoms. The van der Waals surface area contributed by atoms with Gasteiger partial charge in [-0.3, -0.25) is 0 Å². The third-order valence-corrected chi connectivity index (χ3v) is 5.32. The van der Waals surface area contributed by atoms with Crippen LogP contribution >= 0.6 is 0 Å². The summed E-state index contributed by atoms with van der Waals surface area (Å²) in [6, 6.07) is 2.65. The third kappa shape index (κ3) is 3.83. The Morgan fingerprint density at radius 1 is 1.16 bits per heavy atom. The first kappa shape index (κ1) is 17.8. The van der Waals surface area contributed by atoms with Gasteiger partial charge in [0.25, 0.3) is 5.82 Å². The Balaban J connectivity index is 2.05. The molecule has 6 nitrogen and oxygen atoms in total. The zero-order chi connectivity index (χ0) is 18.2. The molecule has 1 aliphatic carbocycles. The number of pyridine rings is 1. The standard InChI is InChI=1S/C15H17F3N4O2S/c1-25(23,24)11-7-8-12(19-9-11)22-13(10-5-3-2-4-6-10)20-14(21-22)15(16,17)18/h7-10H,2-6H2,1H3. The largest absolute Gasteiger partial charge is 0.453 e. The molecule has 1 aliphatic rings. The van der Waals surface area contributed by atoms with Crippen molar-refractivity contribution < 1.29 is 21.6 Å². The van der Waals surface area contributed by atoms with Crippen LogP contribution in [0.15, 0.2) is 23.2 Å². The highest BCUT2D eigenvalue weighted by atomic mass is 32.2. The number of sulfone groups is 1. The lowest BCUT2D eigenvalue weighted by molar-refractivity contribution is -0.144. The Bertz CT molecular complexity index is 854. The van der Waals surface area contributed by atoms with Crippen LogP contribution in [0.5, 0.6) is 0 Å². The van der Waals surface area contributed by atoms with E-state index in [1.807, 2.05) is 0 Å². The topological polar surface area (TPSA) is 77.7 Å². The van der Waals surface area contributed by atoms with E-state index in [2.05, 4.69) is 15.1 Å². The van der Waals surface area contributed by atoms with Gasteiger partial charge in [0.05, 0.1) is 4.90 Å². The summed E-state index contributed by atoms with van der Waals surface area (Å²) in [6.45, 7) is 0. The third-order valence-electron chi connectivity index (χ3n) is 4.22. The van der Waals surface area contributed by atoms with Gasteiger partial charge in [0, 0.05) is 18.4 Å². The van der Waals surface area contributed by atoms with Gasteiger partial charge in [0.1, 0.15) is 5.82 Å². The van der Waals surface area contributed by atoms with E-state index < -0.39 is 21.8 Å². The number of aromatic nitrogens is 4. The minimum Gasteiger partial charge on any atom is -0.236 e. The summed E-state index contributed by atoms with van der Waals surface area (Å²) < 4.78 is 63.2. The molecule has 2 heterocycles. The van der Waals surface area contributed by atoms with Crippen molar-refractivity contribution in [2.45, 2.75) is 49.1 Å². The molecule has 0 aromatic carbocycles. The molecule has 0 bridgehead atoms. The number of rotatable bonds is 3. The van der Waals surface area contributed by atoms with E-state index >= 15 is 0 Å². The second-order valence-electron chi connectivity index (χ2n) is 6.16. The summed E-state index contributed by atoms with van der Waals surface area (Å²) in [5.74, 6) is -0.974. The molecule has 25 heavy (non-hydrogen) atoms. The van der Waals surface area contributed by atoms with Crippen molar-refractivity contribution in [2.24, 2.45) is 0 Å². The molecule has 0 saturated heterocycles. The van der Waals surface area contributed by atoms with Gasteiger partial charge < -0.3 is 0 Å². The monoisotopic (exact) mass is 374 g/mol. The van der Waals surface area contributed by atoms with E-state index in [1.165, 1.54) is 12.1 Å². The highest BCUT2D eigenvalue weighted by Gasteiger charge is 2.38. The summed E-state index contributed by atoms with van der Waals surface area (Å²) in [5.41, 5.74) is 0. The lowest BCUT2D eigenvalue weighted by atomic mass is 9.88. The van der Waals surface area contributed by atoms with Crippen LogP contribution in [0, 0.1) is 0 Å². The lowest BCUT2D eigenvalue weighted by Gasteiger charge is -2.20. The van der Waals surface area contributed by atoms with Gasteiger partial charge in [-0.15, -0.1) is 5.10 Å². The summed E-state index contributed by atoms with van der Waals surface area (Å²) in [6.07, 6.45) is 1.91. The molecule has 2 aromatic heterocycles. The van der Waals surface area contributed by atoms with E-state index in [9.17, 15) is 21.6 Å². The number of hydrogen-bond donors (Lipinski definition) is 0. The van der Waals surface area contributed by atoms with Gasteiger partial charge in [0.2, 0.25) is 0 Å². The van der Waals surface area contributed by atoms with Crippen molar-refractivity contribution in [1.29, 1.82) is 0 Å². The molecule has 0 amide bonds. The van der Waals surface area contributed by atoms with Crippen molar-refractivity contribution in [1.82, 2.24) is 19.7 Å². The predicted molar refractivity (Wildman–Crippen MR) is 83.1 cm³/mol. The van der Waals surface area contributed by atoms with Crippen molar-refractivity contribution in [3.63, 3.8) is 0 Å². The molecule has 2 aromatic rings. The van der Waals surface area contributed by atoms with Crippen LogP contribution in [0.4, 0.5) is 13.2 Å². The van der Waals surface area contributed by atoms with Crippen molar-refractivity contribution in [3.8, 4) is 5.82 Å². The number of halogens is 3. The molecule has 1 saturated carbocycles. The molecule has 0 radical (unpaired) electrons. The Morgan fingerprint density at radius 2 is 1.84 bits per heavy atom. The van der Waals surface area contributed by atoms with Gasteiger partial charge in [-0.05, 0) is 25.0 Å². The highest BCUT2D eigenvalue weighted by molar-refractivity contribution is 7.90. The molecule has 0 atom stereocenters. The molecular weight excluding hydrogens is 357 g/mol. The zero-order valence-corrected chi connectivity index (χ0v) is 14.3. The van der Waals surface area contributed by atoms with E-state index in [1.54, 1.807) is 0 Å². The van der Waals surface area contributed by atoms with Crippen molar-refractivity contribution in [2.75, 3.05) is 6.26 Å². The van der Waals surface area contributed by atoms with E-state index in [0.717, 1.165) is 49.2 Å². The van der Waals surface area contributed by atoms with Gasteiger partial charge in [0.15, 0.2) is 15.7 Å². The van der Waals surface area contributed by atoms with Crippen LogP contribution in [0.25, 0.3) is 5.82 Å². The number of alkyl halides is 3. The molecule has 0 unspecified atom stereocenters. The van der Waals surface area contributed by atoms with Crippen LogP contribution in [0.1, 0.15) is 49.7 Å². The van der Waals surface area contributed by atoms with Crippen LogP contribution in [-0.4, -0.2) is 34.4 Å². The number of nitrogens with zero attached hydrogens (tertiary/aromatic N) is 4. The fourth-order valence-electron chi connectivity index (χ4n) is 2.95. The fraction of sp³-hybridized carbons (Fsp3) is 0.533. The summed E-state index contributed by atoms with van der Waals surface area (Å²) in [7, 11) is -3.44. The first-order valence-electron chi connectivity index (χ1n) is 7.87. The van der Waals surface area contributed by atoms with Crippen molar-refractivity contribution >= 4 is 9.84 Å². The number of hydrogen-bond acceptors (Lipinski definition) is 5. The Hall–Kier alpha value is -1.97. The first-order valence-corrected chi connectivity index (χ1v) is 9.76. The summed E-state index contributed by atoms with van der Waals surface area (Å²) in [5, 5.41) is 3.59. The van der Waals surface area contributed by atoms with Crippen LogP contribution in [0.2, 0.25) is 0 Å². The van der Waals surface area contributed by atoms with Gasteiger partial charge >= 0.3 is 6.18 Å². The Kier molecular flexibility index (Phi) is 4.56. The maximum Gasteiger partial charge on any atom is 0.453 e. The lowest BCUT2D eigenvalue weighted by Crippen LogP contribution is -2.13. The van der Waals surface area contributed by atoms with Crippen molar-refractivity contribution in [3.05, 3.63) is 30.0 Å². The molecule has 136 valence electrons. The summed E-state index contributed by atoms with van der Waals surface area (Å²) >= 11 is 0. The second-order valence-corrected chi connectivity index (χ2v) is 8.18. The van der Waals surface area contributed by atoms with E-state index in [-0.39, 0.29) is 22.5 Å². The molecule has 3 rings (SSSR count). The van der Waals surface area contributed by atoms with Gasteiger partial charge in [-0.2, -0.15) is 17.9 Å². The minimum absolute atomic E-state index is 0.00775. The van der Waals surface area contributed by atoms with Gasteiger partial charge in [-0.25, -0.2) is 18.4 Å². The maximum absolute atomic E-state index is 13.0. The maximum atomic E-state index is 13.0. The van der Waals surface area contributed by atoms with E-state index in [4.69, 9.17) is 0 Å².